The van der Waals surface area contributed by atoms with Gasteiger partial charge < -0.3 is 19.0 Å². The minimum Gasteiger partial charge on any atom is -0.466 e. The van der Waals surface area contributed by atoms with Crippen molar-refractivity contribution >= 4 is 20.3 Å². The maximum Gasteiger partial charge on any atom is 0.336 e. The maximum atomic E-state index is 11.8. The minimum absolute atomic E-state index is 0.103. The van der Waals surface area contributed by atoms with Gasteiger partial charge in [-0.15, -0.1) is 0 Å². The molecular weight excluding hydrogens is 304 g/mol. The number of hydrogen-bond donors (Lipinski definition) is 1. The molecule has 7 heteroatoms. The normalized spacial score (nSPS) is 23.1. The van der Waals surface area contributed by atoms with Crippen LogP contribution in [-0.2, 0) is 23.5 Å². The quantitative estimate of drug-likeness (QED) is 0.471. The molecule has 0 spiro atoms. The molecule has 0 aliphatic carbocycles. The largest absolute Gasteiger partial charge is 0.466 e. The zero-order chi connectivity index (χ0) is 17.3. The summed E-state index contributed by atoms with van der Waals surface area (Å²) in [6.07, 6.45) is 1.04. The standard InChI is InChI=1S/C15H24O6Si/c1-10(13(17)19-5)12(15(18)9-8-11(16)20-15)21-22(6,7)14(2,3)4/h8-9,12,18H,1H2,2-7H3. The highest BCUT2D eigenvalue weighted by Crippen LogP contribution is 2.40. The van der Waals surface area contributed by atoms with E-state index in [0.717, 1.165) is 6.08 Å². The number of carbonyl (C=O) groups is 2. The van der Waals surface area contributed by atoms with Crippen LogP contribution in [0.4, 0.5) is 0 Å². The molecule has 0 amide bonds. The topological polar surface area (TPSA) is 82.1 Å². The highest BCUT2D eigenvalue weighted by Gasteiger charge is 2.50. The van der Waals surface area contributed by atoms with Crippen LogP contribution in [0.1, 0.15) is 20.8 Å². The van der Waals surface area contributed by atoms with Crippen molar-refractivity contribution in [3.8, 4) is 0 Å². The Bertz CT molecular complexity index is 517. The Labute approximate surface area is 131 Å². The van der Waals surface area contributed by atoms with Crippen LogP contribution in [0.2, 0.25) is 18.1 Å². The van der Waals surface area contributed by atoms with Crippen molar-refractivity contribution in [3.63, 3.8) is 0 Å². The van der Waals surface area contributed by atoms with Gasteiger partial charge in [0.05, 0.1) is 12.7 Å². The van der Waals surface area contributed by atoms with E-state index in [1.807, 2.05) is 33.9 Å². The summed E-state index contributed by atoms with van der Waals surface area (Å²) in [4.78, 5) is 23.1. The Hall–Kier alpha value is -1.44. The van der Waals surface area contributed by atoms with Gasteiger partial charge in [0.2, 0.25) is 0 Å². The molecule has 22 heavy (non-hydrogen) atoms. The van der Waals surface area contributed by atoms with Gasteiger partial charge in [0.15, 0.2) is 8.32 Å². The number of rotatable bonds is 5. The second kappa shape index (κ2) is 5.98. The summed E-state index contributed by atoms with van der Waals surface area (Å²) >= 11 is 0. The molecule has 0 aromatic rings. The van der Waals surface area contributed by atoms with E-state index in [1.54, 1.807) is 0 Å². The van der Waals surface area contributed by atoms with Crippen LogP contribution in [0.3, 0.4) is 0 Å². The number of cyclic esters (lactones) is 1. The van der Waals surface area contributed by atoms with Crippen molar-refractivity contribution in [2.24, 2.45) is 0 Å². The Morgan fingerprint density at radius 3 is 2.36 bits per heavy atom. The van der Waals surface area contributed by atoms with Gasteiger partial charge in [-0.1, -0.05) is 27.4 Å². The highest BCUT2D eigenvalue weighted by molar-refractivity contribution is 6.74. The number of hydrogen-bond acceptors (Lipinski definition) is 6. The van der Waals surface area contributed by atoms with E-state index in [0.29, 0.717) is 0 Å². The number of methoxy groups -OCH3 is 1. The smallest absolute Gasteiger partial charge is 0.336 e. The Morgan fingerprint density at radius 1 is 1.45 bits per heavy atom. The van der Waals surface area contributed by atoms with Gasteiger partial charge in [-0.2, -0.15) is 0 Å². The van der Waals surface area contributed by atoms with Crippen LogP contribution in [-0.4, -0.2) is 44.4 Å². The second-order valence-electron chi connectivity index (χ2n) is 6.78. The molecule has 0 fully saturated rings. The Kier molecular flexibility index (Phi) is 5.06. The average molecular weight is 328 g/mol. The van der Waals surface area contributed by atoms with E-state index in [4.69, 9.17) is 9.16 Å². The van der Waals surface area contributed by atoms with Crippen LogP contribution < -0.4 is 0 Å². The van der Waals surface area contributed by atoms with Crippen LogP contribution in [0.25, 0.3) is 0 Å². The molecule has 1 N–H and O–H groups in total. The van der Waals surface area contributed by atoms with E-state index in [9.17, 15) is 14.7 Å². The van der Waals surface area contributed by atoms with Crippen molar-refractivity contribution in [2.75, 3.05) is 7.11 Å². The van der Waals surface area contributed by atoms with Gasteiger partial charge in [0.25, 0.3) is 5.79 Å². The highest BCUT2D eigenvalue weighted by atomic mass is 28.4. The van der Waals surface area contributed by atoms with Gasteiger partial charge in [-0.05, 0) is 24.2 Å². The SMILES string of the molecule is C=C(C(=O)OC)C(O[Si](C)(C)C(C)(C)C)C1(O)C=CC(=O)O1. The van der Waals surface area contributed by atoms with Gasteiger partial charge in [0, 0.05) is 6.08 Å². The fourth-order valence-corrected chi connectivity index (χ4v) is 2.93. The summed E-state index contributed by atoms with van der Waals surface area (Å²) in [5, 5.41) is 10.4. The molecule has 2 unspecified atom stereocenters. The van der Waals surface area contributed by atoms with E-state index in [-0.39, 0.29) is 10.6 Å². The Balaban J connectivity index is 3.19. The number of esters is 2. The summed E-state index contributed by atoms with van der Waals surface area (Å²) in [6.45, 7) is 13.6. The van der Waals surface area contributed by atoms with Gasteiger partial charge in [-0.25, -0.2) is 9.59 Å². The van der Waals surface area contributed by atoms with Crippen LogP contribution in [0.15, 0.2) is 24.3 Å². The lowest BCUT2D eigenvalue weighted by Crippen LogP contribution is -2.54. The maximum absolute atomic E-state index is 11.8. The molecule has 0 radical (unpaired) electrons. The summed E-state index contributed by atoms with van der Waals surface area (Å²) in [7, 11) is -1.17. The lowest BCUT2D eigenvalue weighted by molar-refractivity contribution is -0.203. The predicted octanol–water partition coefficient (Wildman–Crippen LogP) is 1.91. The summed E-state index contributed by atoms with van der Waals surface area (Å²) in [5.74, 6) is -3.49. The molecule has 0 saturated heterocycles. The molecule has 1 aliphatic heterocycles. The zero-order valence-electron chi connectivity index (χ0n) is 13.9. The first kappa shape index (κ1) is 18.6. The van der Waals surface area contributed by atoms with Crippen molar-refractivity contribution in [2.45, 2.75) is 50.8 Å². The molecule has 0 aromatic carbocycles. The first-order valence-corrected chi connectivity index (χ1v) is 9.84. The lowest BCUT2D eigenvalue weighted by atomic mass is 10.0. The van der Waals surface area contributed by atoms with Crippen molar-refractivity contribution in [1.29, 1.82) is 0 Å². The van der Waals surface area contributed by atoms with Gasteiger partial charge >= 0.3 is 11.9 Å². The third-order valence-electron chi connectivity index (χ3n) is 4.08. The summed E-state index contributed by atoms with van der Waals surface area (Å²) in [5.41, 5.74) is -0.103. The van der Waals surface area contributed by atoms with Crippen LogP contribution in [0.5, 0.6) is 0 Å². The number of aliphatic hydroxyl groups is 1. The minimum atomic E-state index is -2.38. The van der Waals surface area contributed by atoms with Gasteiger partial charge in [-0.3, -0.25) is 0 Å². The first-order valence-electron chi connectivity index (χ1n) is 6.93. The molecule has 1 heterocycles. The molecule has 0 saturated carbocycles. The van der Waals surface area contributed by atoms with E-state index < -0.39 is 32.1 Å². The number of ether oxygens (including phenoxy) is 2. The molecule has 1 aliphatic rings. The third-order valence-corrected chi connectivity index (χ3v) is 8.52. The number of carbonyl (C=O) groups excluding carboxylic acids is 2. The van der Waals surface area contributed by atoms with Gasteiger partial charge in [0.1, 0.15) is 6.10 Å². The fraction of sp³-hybridized carbons (Fsp3) is 0.600. The van der Waals surface area contributed by atoms with Crippen molar-refractivity contribution in [1.82, 2.24) is 0 Å². The first-order chi connectivity index (χ1) is 9.84. The van der Waals surface area contributed by atoms with Crippen molar-refractivity contribution in [3.05, 3.63) is 24.3 Å². The fourth-order valence-electron chi connectivity index (χ4n) is 1.67. The van der Waals surface area contributed by atoms with Crippen LogP contribution in [0, 0.1) is 0 Å². The monoisotopic (exact) mass is 328 g/mol. The molecule has 124 valence electrons. The second-order valence-corrected chi connectivity index (χ2v) is 11.5. The van der Waals surface area contributed by atoms with E-state index in [2.05, 4.69) is 11.3 Å². The van der Waals surface area contributed by atoms with Crippen molar-refractivity contribution < 1.29 is 28.6 Å². The molecule has 0 bridgehead atoms. The molecule has 2 atom stereocenters. The molecule has 0 aromatic heterocycles. The third kappa shape index (κ3) is 3.66. The molecular formula is C15H24O6Si. The van der Waals surface area contributed by atoms with E-state index >= 15 is 0 Å². The summed E-state index contributed by atoms with van der Waals surface area (Å²) in [6, 6.07) is 0. The van der Waals surface area contributed by atoms with E-state index in [1.165, 1.54) is 13.2 Å². The molecule has 1 rings (SSSR count). The molecule has 6 nitrogen and oxygen atoms in total. The zero-order valence-corrected chi connectivity index (χ0v) is 14.9. The average Bonchev–Trinajstić information content (AvgIpc) is 2.73. The predicted molar refractivity (Wildman–Crippen MR) is 83.4 cm³/mol. The Morgan fingerprint density at radius 2 is 2.00 bits per heavy atom. The van der Waals surface area contributed by atoms with Crippen LogP contribution >= 0.6 is 0 Å². The lowest BCUT2D eigenvalue weighted by Gasteiger charge is -2.42. The summed E-state index contributed by atoms with van der Waals surface area (Å²) < 4.78 is 15.6.